The van der Waals surface area contributed by atoms with Crippen molar-refractivity contribution in [1.82, 2.24) is 0 Å². The van der Waals surface area contributed by atoms with Gasteiger partial charge in [-0.1, -0.05) is 48.0 Å². The Kier molecular flexibility index (Phi) is 4.54. The van der Waals surface area contributed by atoms with Crippen molar-refractivity contribution in [3.8, 4) is 0 Å². The van der Waals surface area contributed by atoms with Crippen molar-refractivity contribution in [2.75, 3.05) is 12.4 Å². The monoisotopic (exact) mass is 391 g/mol. The molecule has 4 rings (SSSR count). The third-order valence-electron chi connectivity index (χ3n) is 4.93. The van der Waals surface area contributed by atoms with Gasteiger partial charge >= 0.3 is 11.9 Å². The minimum atomic E-state index is -1.63. The van der Waals surface area contributed by atoms with Crippen LogP contribution in [0.2, 0.25) is 0 Å². The zero-order valence-corrected chi connectivity index (χ0v) is 15.9. The molecule has 0 saturated carbocycles. The topological polar surface area (TPSA) is 64.6 Å². The number of ether oxygens (including phenoxy) is 2. The Balaban J connectivity index is 1.95. The predicted molar refractivity (Wildman–Crippen MR) is 105 cm³/mol. The van der Waals surface area contributed by atoms with Crippen molar-refractivity contribution >= 4 is 17.6 Å². The van der Waals surface area contributed by atoms with E-state index in [1.165, 1.54) is 25.3 Å². The first-order valence-electron chi connectivity index (χ1n) is 9.01. The number of fused-ring (bicyclic) bond motifs is 1. The summed E-state index contributed by atoms with van der Waals surface area (Å²) in [6.07, 6.45) is 0. The Morgan fingerprint density at radius 1 is 1.03 bits per heavy atom. The third kappa shape index (κ3) is 3.02. The Bertz CT molecular complexity index is 1110. The smallest absolute Gasteiger partial charge is 0.341 e. The molecule has 1 heterocycles. The van der Waals surface area contributed by atoms with Crippen LogP contribution in [0.1, 0.15) is 37.4 Å². The normalized spacial score (nSPS) is 17.4. The maximum Gasteiger partial charge on any atom is 0.341 e. The predicted octanol–water partition coefficient (Wildman–Crippen LogP) is 4.40. The summed E-state index contributed by atoms with van der Waals surface area (Å²) < 4.78 is 25.6. The Labute approximate surface area is 167 Å². The van der Waals surface area contributed by atoms with Gasteiger partial charge in [-0.15, -0.1) is 0 Å². The fourth-order valence-corrected chi connectivity index (χ4v) is 3.52. The number of esters is 2. The van der Waals surface area contributed by atoms with E-state index in [9.17, 15) is 14.0 Å². The lowest BCUT2D eigenvalue weighted by atomic mass is 9.91. The van der Waals surface area contributed by atoms with Crippen LogP contribution in [0.3, 0.4) is 0 Å². The molecule has 3 aromatic carbocycles. The van der Waals surface area contributed by atoms with Crippen LogP contribution in [0, 0.1) is 12.7 Å². The van der Waals surface area contributed by atoms with Crippen LogP contribution in [-0.4, -0.2) is 19.0 Å². The van der Waals surface area contributed by atoms with Crippen molar-refractivity contribution in [2.45, 2.75) is 12.6 Å². The number of halogens is 1. The van der Waals surface area contributed by atoms with E-state index in [1.807, 2.05) is 19.1 Å². The molecule has 5 nitrogen and oxygen atoms in total. The van der Waals surface area contributed by atoms with E-state index in [4.69, 9.17) is 9.47 Å². The minimum Gasteiger partial charge on any atom is -0.465 e. The summed E-state index contributed by atoms with van der Waals surface area (Å²) in [6.45, 7) is 1.92. The zero-order valence-electron chi connectivity index (χ0n) is 15.9. The second-order valence-electron chi connectivity index (χ2n) is 6.76. The van der Waals surface area contributed by atoms with Crippen molar-refractivity contribution in [2.24, 2.45) is 0 Å². The van der Waals surface area contributed by atoms with E-state index < -0.39 is 23.5 Å². The molecule has 0 radical (unpaired) electrons. The second-order valence-corrected chi connectivity index (χ2v) is 6.76. The molecule has 6 heteroatoms. The van der Waals surface area contributed by atoms with Crippen molar-refractivity contribution in [3.63, 3.8) is 0 Å². The van der Waals surface area contributed by atoms with E-state index in [-0.39, 0.29) is 16.7 Å². The van der Waals surface area contributed by atoms with Gasteiger partial charge in [0.2, 0.25) is 5.72 Å². The van der Waals surface area contributed by atoms with Gasteiger partial charge in [-0.3, -0.25) is 0 Å². The highest BCUT2D eigenvalue weighted by Gasteiger charge is 2.50. The summed E-state index contributed by atoms with van der Waals surface area (Å²) in [5, 5.41) is 3.12. The number of anilines is 1. The molecule has 1 aliphatic rings. The number of rotatable bonds is 4. The van der Waals surface area contributed by atoms with Crippen LogP contribution >= 0.6 is 0 Å². The Morgan fingerprint density at radius 2 is 1.76 bits per heavy atom. The highest BCUT2D eigenvalue weighted by atomic mass is 19.1. The van der Waals surface area contributed by atoms with Gasteiger partial charge in [0.1, 0.15) is 5.82 Å². The van der Waals surface area contributed by atoms with E-state index in [0.29, 0.717) is 11.3 Å². The van der Waals surface area contributed by atoms with Crippen LogP contribution in [0.4, 0.5) is 10.1 Å². The van der Waals surface area contributed by atoms with Gasteiger partial charge in [-0.2, -0.15) is 0 Å². The van der Waals surface area contributed by atoms with E-state index in [0.717, 1.165) is 5.56 Å². The molecule has 1 unspecified atom stereocenters. The number of aryl methyl sites for hydroxylation is 1. The molecule has 3 aromatic rings. The molecule has 0 amide bonds. The average Bonchev–Trinajstić information content (AvgIpc) is 3.02. The first kappa shape index (κ1) is 18.7. The summed E-state index contributed by atoms with van der Waals surface area (Å²) >= 11 is 0. The fourth-order valence-electron chi connectivity index (χ4n) is 3.52. The number of hydrogen-bond donors (Lipinski definition) is 1. The first-order valence-corrected chi connectivity index (χ1v) is 9.01. The minimum absolute atomic E-state index is 0.0773. The number of benzene rings is 3. The maximum atomic E-state index is 15.0. The van der Waals surface area contributed by atoms with Gasteiger partial charge in [0.25, 0.3) is 0 Å². The SMILES string of the molecule is COC(=O)c1ccccc1NC1(c2ccc(C)cc2)OC(=O)c2cccc(F)c21. The Morgan fingerprint density at radius 3 is 2.48 bits per heavy atom. The van der Waals surface area contributed by atoms with E-state index in [1.54, 1.807) is 36.4 Å². The average molecular weight is 391 g/mol. The summed E-state index contributed by atoms with van der Waals surface area (Å²) in [4.78, 5) is 24.8. The fraction of sp³-hybridized carbons (Fsp3) is 0.130. The molecule has 1 aliphatic heterocycles. The van der Waals surface area contributed by atoms with Gasteiger partial charge in [-0.25, -0.2) is 14.0 Å². The van der Waals surface area contributed by atoms with Gasteiger partial charge in [0.05, 0.1) is 29.5 Å². The number of carbonyl (C=O) groups excluding carboxylic acids is 2. The van der Waals surface area contributed by atoms with Gasteiger partial charge in [0.15, 0.2) is 0 Å². The lowest BCUT2D eigenvalue weighted by Gasteiger charge is -2.32. The van der Waals surface area contributed by atoms with Crippen LogP contribution in [-0.2, 0) is 15.2 Å². The molecule has 0 saturated heterocycles. The lowest BCUT2D eigenvalue weighted by Crippen LogP contribution is -2.38. The molecule has 0 aromatic heterocycles. The molecule has 0 bridgehead atoms. The maximum absolute atomic E-state index is 15.0. The standard InChI is InChI=1S/C23H18FNO4/c1-14-10-12-15(13-11-14)23(20-17(22(27)29-23)7-5-8-18(20)24)25-19-9-4-3-6-16(19)21(26)28-2/h3-13,25H,1-2H3. The van der Waals surface area contributed by atoms with Crippen LogP contribution in [0.15, 0.2) is 66.7 Å². The largest absolute Gasteiger partial charge is 0.465 e. The third-order valence-corrected chi connectivity index (χ3v) is 4.93. The summed E-state index contributed by atoms with van der Waals surface area (Å²) in [6, 6.07) is 18.1. The second kappa shape index (κ2) is 7.05. The summed E-state index contributed by atoms with van der Waals surface area (Å²) in [5.41, 5.74) is 0.695. The molecule has 0 fully saturated rings. The molecule has 0 aliphatic carbocycles. The number of methoxy groups -OCH3 is 1. The molecule has 0 spiro atoms. The van der Waals surface area contributed by atoms with Gasteiger partial charge < -0.3 is 14.8 Å². The number of cyclic esters (lactones) is 1. The van der Waals surface area contributed by atoms with Crippen LogP contribution < -0.4 is 5.32 Å². The summed E-state index contributed by atoms with van der Waals surface area (Å²) in [5.74, 6) is -1.80. The van der Waals surface area contributed by atoms with Crippen LogP contribution in [0.5, 0.6) is 0 Å². The first-order chi connectivity index (χ1) is 14.0. The van der Waals surface area contributed by atoms with Crippen molar-refractivity contribution < 1.29 is 23.5 Å². The van der Waals surface area contributed by atoms with Crippen LogP contribution in [0.25, 0.3) is 0 Å². The molecule has 29 heavy (non-hydrogen) atoms. The quantitative estimate of drug-likeness (QED) is 0.668. The Hall–Kier alpha value is -3.67. The molecular weight excluding hydrogens is 373 g/mol. The van der Waals surface area contributed by atoms with Crippen molar-refractivity contribution in [3.05, 3.63) is 100 Å². The van der Waals surface area contributed by atoms with E-state index >= 15 is 0 Å². The van der Waals surface area contributed by atoms with Gasteiger partial charge in [-0.05, 0) is 31.2 Å². The highest BCUT2D eigenvalue weighted by molar-refractivity contribution is 5.98. The highest BCUT2D eigenvalue weighted by Crippen LogP contribution is 2.44. The van der Waals surface area contributed by atoms with Crippen molar-refractivity contribution in [1.29, 1.82) is 0 Å². The summed E-state index contributed by atoms with van der Waals surface area (Å²) in [7, 11) is 1.28. The molecular formula is C23H18FNO4. The van der Waals surface area contributed by atoms with Gasteiger partial charge in [0, 0.05) is 5.56 Å². The lowest BCUT2D eigenvalue weighted by molar-refractivity contribution is 0.0205. The molecule has 146 valence electrons. The number of carbonyl (C=O) groups is 2. The number of hydrogen-bond acceptors (Lipinski definition) is 5. The number of para-hydroxylation sites is 1. The zero-order chi connectivity index (χ0) is 20.6. The molecule has 1 N–H and O–H groups in total. The molecule has 1 atom stereocenters. The van der Waals surface area contributed by atoms with E-state index in [2.05, 4.69) is 5.32 Å². The number of nitrogens with one attached hydrogen (secondary N) is 1.